The molecule has 3 N–H and O–H groups in total. The van der Waals surface area contributed by atoms with E-state index in [-0.39, 0.29) is 35.6 Å². The number of nitrogens with zero attached hydrogens (tertiary/aromatic N) is 2. The van der Waals surface area contributed by atoms with Gasteiger partial charge in [0.05, 0.1) is 12.7 Å². The number of ketones is 1. The van der Waals surface area contributed by atoms with Gasteiger partial charge in [-0.25, -0.2) is 9.78 Å². The molecular formula is C23H21BN2O7S2. The van der Waals surface area contributed by atoms with Gasteiger partial charge < -0.3 is 24.7 Å². The molecule has 0 spiro atoms. The van der Waals surface area contributed by atoms with Gasteiger partial charge in [-0.3, -0.25) is 4.79 Å². The Balaban J connectivity index is 1.40. The third-order valence-electron chi connectivity index (χ3n) is 5.51. The van der Waals surface area contributed by atoms with Crippen molar-refractivity contribution in [2.45, 2.75) is 28.8 Å². The topological polar surface area (TPSA) is 139 Å². The number of aromatic nitrogens is 1. The number of carboxylic acids is 1. The van der Waals surface area contributed by atoms with Crippen LogP contribution in [0.15, 0.2) is 57.3 Å². The van der Waals surface area contributed by atoms with Crippen molar-refractivity contribution >= 4 is 47.7 Å². The van der Waals surface area contributed by atoms with Crippen LogP contribution < -0.4 is 9.39 Å². The van der Waals surface area contributed by atoms with E-state index in [0.717, 1.165) is 11.3 Å². The van der Waals surface area contributed by atoms with E-state index in [1.807, 2.05) is 24.3 Å². The fourth-order valence-corrected chi connectivity index (χ4v) is 5.48. The Morgan fingerprint density at radius 1 is 1.29 bits per heavy atom. The van der Waals surface area contributed by atoms with Crippen molar-refractivity contribution < 1.29 is 34.3 Å². The number of hydrogen-bond acceptors (Lipinski definition) is 10. The first-order valence-electron chi connectivity index (χ1n) is 10.6. The minimum absolute atomic E-state index is 0.0499. The monoisotopic (exact) mass is 512 g/mol. The van der Waals surface area contributed by atoms with Crippen LogP contribution in [0.4, 0.5) is 0 Å². The normalized spacial score (nSPS) is 15.3. The molecule has 0 saturated carbocycles. The maximum Gasteiger partial charge on any atom is 0.526 e. The molecule has 0 saturated heterocycles. The summed E-state index contributed by atoms with van der Waals surface area (Å²) in [4.78, 5) is 28.7. The summed E-state index contributed by atoms with van der Waals surface area (Å²) in [6.45, 7) is 0. The van der Waals surface area contributed by atoms with Crippen molar-refractivity contribution in [3.05, 3.63) is 70.2 Å². The Labute approximate surface area is 209 Å². The highest BCUT2D eigenvalue weighted by Crippen LogP contribution is 2.36. The number of fused-ring (bicyclic) bond motifs is 1. The van der Waals surface area contributed by atoms with Gasteiger partial charge in [-0.05, 0) is 35.7 Å². The fourth-order valence-electron chi connectivity index (χ4n) is 3.71. The van der Waals surface area contributed by atoms with Crippen LogP contribution in [0.1, 0.15) is 33.6 Å². The van der Waals surface area contributed by atoms with E-state index in [0.29, 0.717) is 15.7 Å². The number of carbonyl (C=O) groups is 2. The molecule has 0 fully saturated rings. The van der Waals surface area contributed by atoms with Crippen LogP contribution >= 0.6 is 23.1 Å². The summed E-state index contributed by atoms with van der Waals surface area (Å²) in [5.41, 5.74) is 1.67. The predicted octanol–water partition coefficient (Wildman–Crippen LogP) is 3.77. The van der Waals surface area contributed by atoms with E-state index in [2.05, 4.69) is 10.1 Å². The highest BCUT2D eigenvalue weighted by molar-refractivity contribution is 8.00. The number of Topliss-reactive ketones (excluding diaryl/α,β-unsaturated/α-hetero) is 1. The van der Waals surface area contributed by atoms with Gasteiger partial charge in [-0.1, -0.05) is 41.2 Å². The number of para-hydroxylation sites is 1. The first-order valence-corrected chi connectivity index (χ1v) is 12.4. The van der Waals surface area contributed by atoms with Crippen molar-refractivity contribution in [1.29, 1.82) is 0 Å². The number of ether oxygens (including phenoxy) is 1. The standard InChI is InChI=1S/C23H21BN2O7S2/c1-32-16-7-5-13(6-8-16)11-34-23-25-18(12-35-23)20(26-31)19(27)10-15-9-14-3-2-4-17(22(28)29)21(14)33-24(15)30/h2-8,12,15,30-31H,9-11H2,1H3,(H,28,29)/b26-20-/t15-/m1/s1. The summed E-state index contributed by atoms with van der Waals surface area (Å²) in [5.74, 6) is -0.766. The Kier molecular flexibility index (Phi) is 7.74. The predicted molar refractivity (Wildman–Crippen MR) is 132 cm³/mol. The van der Waals surface area contributed by atoms with Crippen molar-refractivity contribution in [3.8, 4) is 11.5 Å². The molecule has 4 rings (SSSR count). The lowest BCUT2D eigenvalue weighted by atomic mass is 9.64. The van der Waals surface area contributed by atoms with Crippen LogP contribution in [-0.2, 0) is 17.0 Å². The molecule has 180 valence electrons. The average molecular weight is 512 g/mol. The van der Waals surface area contributed by atoms with E-state index >= 15 is 0 Å². The molecule has 2 aromatic carbocycles. The third-order valence-corrected chi connectivity index (χ3v) is 7.60. The summed E-state index contributed by atoms with van der Waals surface area (Å²) in [7, 11) is 0.233. The molecule has 0 unspecified atom stereocenters. The van der Waals surface area contributed by atoms with Gasteiger partial charge in [0.15, 0.2) is 15.8 Å². The maximum atomic E-state index is 12.9. The quantitative estimate of drug-likeness (QED) is 0.129. The van der Waals surface area contributed by atoms with Crippen LogP contribution in [0.2, 0.25) is 5.82 Å². The molecule has 1 aromatic heterocycles. The maximum absolute atomic E-state index is 12.9. The number of carbonyl (C=O) groups excluding carboxylic acids is 1. The second-order valence-corrected chi connectivity index (χ2v) is 9.86. The van der Waals surface area contributed by atoms with Crippen LogP contribution in [0, 0.1) is 0 Å². The smallest absolute Gasteiger partial charge is 0.526 e. The molecule has 2 heterocycles. The Morgan fingerprint density at radius 3 is 2.74 bits per heavy atom. The molecule has 1 aliphatic heterocycles. The molecule has 3 aromatic rings. The lowest BCUT2D eigenvalue weighted by Gasteiger charge is -2.27. The number of thiazole rings is 1. The lowest BCUT2D eigenvalue weighted by Crippen LogP contribution is -2.36. The molecule has 9 nitrogen and oxygen atoms in total. The van der Waals surface area contributed by atoms with Gasteiger partial charge in [0.2, 0.25) is 0 Å². The van der Waals surface area contributed by atoms with Gasteiger partial charge in [-0.2, -0.15) is 0 Å². The van der Waals surface area contributed by atoms with Gasteiger partial charge in [-0.15, -0.1) is 11.3 Å². The Morgan fingerprint density at radius 2 is 2.06 bits per heavy atom. The van der Waals surface area contributed by atoms with Gasteiger partial charge in [0.25, 0.3) is 0 Å². The second kappa shape index (κ2) is 10.9. The van der Waals surface area contributed by atoms with Crippen molar-refractivity contribution in [2.24, 2.45) is 5.16 Å². The number of rotatable bonds is 9. The van der Waals surface area contributed by atoms with E-state index in [1.165, 1.54) is 29.2 Å². The summed E-state index contributed by atoms with van der Waals surface area (Å²) in [5, 5.41) is 34.1. The zero-order valence-corrected chi connectivity index (χ0v) is 20.2. The first kappa shape index (κ1) is 24.8. The summed E-state index contributed by atoms with van der Waals surface area (Å²) < 4.78 is 11.3. The number of hydrogen-bond donors (Lipinski definition) is 3. The van der Waals surface area contributed by atoms with Gasteiger partial charge in [0.1, 0.15) is 17.2 Å². The third kappa shape index (κ3) is 5.67. The van der Waals surface area contributed by atoms with E-state index in [4.69, 9.17) is 9.39 Å². The number of benzene rings is 2. The number of methoxy groups -OCH3 is 1. The average Bonchev–Trinajstić information content (AvgIpc) is 3.32. The molecule has 0 bridgehead atoms. The number of thioether (sulfide) groups is 1. The Bertz CT molecular complexity index is 1260. The molecule has 0 amide bonds. The molecule has 12 heteroatoms. The van der Waals surface area contributed by atoms with Crippen LogP contribution in [0.3, 0.4) is 0 Å². The van der Waals surface area contributed by atoms with Crippen molar-refractivity contribution in [3.63, 3.8) is 0 Å². The van der Waals surface area contributed by atoms with Crippen LogP contribution in [0.5, 0.6) is 11.5 Å². The number of aromatic carboxylic acids is 1. The second-order valence-electron chi connectivity index (χ2n) is 7.78. The van der Waals surface area contributed by atoms with Crippen LogP contribution in [0.25, 0.3) is 0 Å². The number of oxime groups is 1. The lowest BCUT2D eigenvalue weighted by molar-refractivity contribution is -0.113. The van der Waals surface area contributed by atoms with Gasteiger partial charge >= 0.3 is 13.1 Å². The van der Waals surface area contributed by atoms with Crippen LogP contribution in [-0.4, -0.2) is 52.0 Å². The van der Waals surface area contributed by atoms with Crippen molar-refractivity contribution in [2.75, 3.05) is 7.11 Å². The molecule has 35 heavy (non-hydrogen) atoms. The first-order chi connectivity index (χ1) is 16.9. The summed E-state index contributed by atoms with van der Waals surface area (Å²) >= 11 is 2.82. The van der Waals surface area contributed by atoms with E-state index in [1.54, 1.807) is 24.6 Å². The molecule has 0 radical (unpaired) electrons. The van der Waals surface area contributed by atoms with Gasteiger partial charge in [0, 0.05) is 23.4 Å². The minimum Gasteiger partial charge on any atom is -0.535 e. The SMILES string of the molecule is COc1ccc(CSc2nc(/C(=N/O)C(=O)C[C@H]3Cc4cccc(C(=O)O)c4OB3O)cs2)cc1. The zero-order chi connectivity index (χ0) is 24.9. The highest BCUT2D eigenvalue weighted by Gasteiger charge is 2.38. The molecule has 1 aliphatic rings. The molecular weight excluding hydrogens is 491 g/mol. The molecule has 1 atom stereocenters. The number of carboxylic acid groups (broad SMARTS) is 1. The summed E-state index contributed by atoms with van der Waals surface area (Å²) in [6.07, 6.45) is 0.0747. The molecule has 0 aliphatic carbocycles. The Hall–Kier alpha value is -3.35. The van der Waals surface area contributed by atoms with E-state index < -0.39 is 24.7 Å². The summed E-state index contributed by atoms with van der Waals surface area (Å²) in [6, 6.07) is 12.3. The fraction of sp³-hybridized carbons (Fsp3) is 0.217. The van der Waals surface area contributed by atoms with E-state index in [9.17, 15) is 24.9 Å². The van der Waals surface area contributed by atoms with Crippen molar-refractivity contribution in [1.82, 2.24) is 4.98 Å². The zero-order valence-electron chi connectivity index (χ0n) is 18.6. The largest absolute Gasteiger partial charge is 0.535 e. The highest BCUT2D eigenvalue weighted by atomic mass is 32.2. The minimum atomic E-state index is -1.38.